The molecule has 0 saturated heterocycles. The van der Waals surface area contributed by atoms with Gasteiger partial charge in [-0.1, -0.05) is 86.7 Å². The van der Waals surface area contributed by atoms with Crippen molar-refractivity contribution in [1.82, 2.24) is 0 Å². The molecule has 0 radical (unpaired) electrons. The topological polar surface area (TPSA) is 24.7 Å². The molecule has 24 heavy (non-hydrogen) atoms. The zero-order valence-electron chi connectivity index (χ0n) is 14.4. The number of hydrogen-bond acceptors (Lipinski definition) is 2. The monoisotopic (exact) mass is 316 g/mol. The van der Waals surface area contributed by atoms with E-state index in [4.69, 9.17) is 0 Å². The summed E-state index contributed by atoms with van der Waals surface area (Å²) >= 11 is 0. The Kier molecular flexibility index (Phi) is 7.42. The maximum absolute atomic E-state index is 4.41. The number of allylic oxidation sites excluding steroid dienone is 2. The molecule has 0 fully saturated rings. The van der Waals surface area contributed by atoms with Crippen LogP contribution in [-0.2, 0) is 0 Å². The van der Waals surface area contributed by atoms with Crippen molar-refractivity contribution in [2.75, 3.05) is 0 Å². The van der Waals surface area contributed by atoms with Crippen LogP contribution in [0, 0.1) is 0 Å². The lowest BCUT2D eigenvalue weighted by Gasteiger charge is -1.97. The van der Waals surface area contributed by atoms with Crippen LogP contribution in [0.3, 0.4) is 0 Å². The lowest BCUT2D eigenvalue weighted by Crippen LogP contribution is -1.93. The number of hydrogen-bond donors (Lipinski definition) is 0. The van der Waals surface area contributed by atoms with Gasteiger partial charge in [0.05, 0.1) is 11.4 Å². The van der Waals surface area contributed by atoms with Crippen LogP contribution >= 0.6 is 0 Å². The molecule has 0 aliphatic rings. The Bertz CT molecular complexity index is 658. The summed E-state index contributed by atoms with van der Waals surface area (Å²) < 4.78 is 0. The second kappa shape index (κ2) is 10.1. The predicted octanol–water partition coefficient (Wildman–Crippen LogP) is 6.03. The molecule has 0 heterocycles. The molecule has 0 aliphatic carbocycles. The van der Waals surface area contributed by atoms with E-state index in [9.17, 15) is 0 Å². The summed E-state index contributed by atoms with van der Waals surface area (Å²) in [5.74, 6) is 0. The highest BCUT2D eigenvalue weighted by Crippen LogP contribution is 2.04. The first-order valence-electron chi connectivity index (χ1n) is 8.41. The summed E-state index contributed by atoms with van der Waals surface area (Å²) in [6.45, 7) is 4.18. The SMILES string of the molecule is CCC(/C=C/c1ccccc1)=N\N=C(\C=C\c1ccccc1)CC. The molecule has 0 amide bonds. The van der Waals surface area contributed by atoms with Gasteiger partial charge in [-0.3, -0.25) is 0 Å². The van der Waals surface area contributed by atoms with Gasteiger partial charge in [0.1, 0.15) is 0 Å². The summed E-state index contributed by atoms with van der Waals surface area (Å²) in [6, 6.07) is 20.5. The van der Waals surface area contributed by atoms with Crippen molar-refractivity contribution < 1.29 is 0 Å². The molecular weight excluding hydrogens is 292 g/mol. The summed E-state index contributed by atoms with van der Waals surface area (Å²) in [5.41, 5.74) is 4.28. The van der Waals surface area contributed by atoms with Crippen LogP contribution in [0.15, 0.2) is 83.0 Å². The van der Waals surface area contributed by atoms with Gasteiger partial charge in [0.25, 0.3) is 0 Å². The van der Waals surface area contributed by atoms with Crippen LogP contribution in [0.4, 0.5) is 0 Å². The molecule has 0 unspecified atom stereocenters. The summed E-state index contributed by atoms with van der Waals surface area (Å²) in [4.78, 5) is 0. The molecule has 0 saturated carbocycles. The Hall–Kier alpha value is -2.74. The molecule has 122 valence electrons. The lowest BCUT2D eigenvalue weighted by molar-refractivity contribution is 1.15. The van der Waals surface area contributed by atoms with Crippen molar-refractivity contribution in [2.45, 2.75) is 26.7 Å². The van der Waals surface area contributed by atoms with Crippen molar-refractivity contribution >= 4 is 23.6 Å². The fraction of sp³-hybridized carbons (Fsp3) is 0.182. The first kappa shape index (κ1) is 17.6. The molecule has 0 N–H and O–H groups in total. The van der Waals surface area contributed by atoms with Crippen LogP contribution in [-0.4, -0.2) is 11.4 Å². The van der Waals surface area contributed by atoms with Crippen molar-refractivity contribution in [3.05, 3.63) is 83.9 Å². The largest absolute Gasteiger partial charge is 0.155 e. The average molecular weight is 316 g/mol. The molecule has 2 aromatic rings. The fourth-order valence-electron chi connectivity index (χ4n) is 2.09. The van der Waals surface area contributed by atoms with E-state index < -0.39 is 0 Å². The third kappa shape index (κ3) is 6.17. The van der Waals surface area contributed by atoms with E-state index >= 15 is 0 Å². The number of benzene rings is 2. The minimum atomic E-state index is 0.853. The van der Waals surface area contributed by atoms with E-state index in [0.717, 1.165) is 24.3 Å². The Morgan fingerprint density at radius 3 is 1.38 bits per heavy atom. The van der Waals surface area contributed by atoms with Gasteiger partial charge >= 0.3 is 0 Å². The van der Waals surface area contributed by atoms with Gasteiger partial charge < -0.3 is 0 Å². The van der Waals surface area contributed by atoms with Crippen molar-refractivity contribution in [2.24, 2.45) is 10.2 Å². The summed E-state index contributed by atoms with van der Waals surface area (Å²) in [5, 5.41) is 8.81. The third-order valence-corrected chi connectivity index (χ3v) is 3.57. The molecule has 0 aliphatic heterocycles. The van der Waals surface area contributed by atoms with Gasteiger partial charge in [-0.2, -0.15) is 10.2 Å². The van der Waals surface area contributed by atoms with E-state index in [0.29, 0.717) is 0 Å². The van der Waals surface area contributed by atoms with Gasteiger partial charge in [0.2, 0.25) is 0 Å². The van der Waals surface area contributed by atoms with E-state index in [-0.39, 0.29) is 0 Å². The normalized spacial score (nSPS) is 13.1. The molecule has 0 spiro atoms. The molecule has 0 atom stereocenters. The van der Waals surface area contributed by atoms with Crippen molar-refractivity contribution in [3.63, 3.8) is 0 Å². The highest BCUT2D eigenvalue weighted by molar-refractivity contribution is 6.01. The van der Waals surface area contributed by atoms with E-state index in [2.05, 4.69) is 60.5 Å². The maximum Gasteiger partial charge on any atom is 0.0628 e. The van der Waals surface area contributed by atoms with Gasteiger partial charge in [0.15, 0.2) is 0 Å². The Balaban J connectivity index is 2.09. The third-order valence-electron chi connectivity index (χ3n) is 3.57. The smallest absolute Gasteiger partial charge is 0.0628 e. The van der Waals surface area contributed by atoms with Crippen LogP contribution in [0.2, 0.25) is 0 Å². The van der Waals surface area contributed by atoms with Crippen LogP contribution in [0.25, 0.3) is 12.2 Å². The second-order valence-corrected chi connectivity index (χ2v) is 5.38. The Morgan fingerprint density at radius 2 is 1.04 bits per heavy atom. The zero-order chi connectivity index (χ0) is 17.0. The van der Waals surface area contributed by atoms with E-state index in [1.54, 1.807) is 0 Å². The molecule has 2 aromatic carbocycles. The maximum atomic E-state index is 4.41. The molecule has 2 nitrogen and oxygen atoms in total. The Labute approximate surface area is 145 Å². The van der Waals surface area contributed by atoms with Crippen LogP contribution in [0.5, 0.6) is 0 Å². The Morgan fingerprint density at radius 1 is 0.667 bits per heavy atom. The summed E-state index contributed by atoms with van der Waals surface area (Å²) in [7, 11) is 0. The van der Waals surface area contributed by atoms with Crippen LogP contribution in [0.1, 0.15) is 37.8 Å². The minimum absolute atomic E-state index is 0.853. The fourth-order valence-corrected chi connectivity index (χ4v) is 2.09. The van der Waals surface area contributed by atoms with Gasteiger partial charge in [-0.15, -0.1) is 0 Å². The van der Waals surface area contributed by atoms with Crippen LogP contribution < -0.4 is 0 Å². The molecule has 0 aromatic heterocycles. The minimum Gasteiger partial charge on any atom is -0.155 e. The molecule has 2 rings (SSSR count). The van der Waals surface area contributed by atoms with Crippen molar-refractivity contribution in [3.8, 4) is 0 Å². The lowest BCUT2D eigenvalue weighted by atomic mass is 10.2. The molecule has 2 heteroatoms. The van der Waals surface area contributed by atoms with Gasteiger partial charge in [0, 0.05) is 0 Å². The van der Waals surface area contributed by atoms with E-state index in [1.165, 1.54) is 11.1 Å². The first-order valence-corrected chi connectivity index (χ1v) is 8.41. The van der Waals surface area contributed by atoms with E-state index in [1.807, 2.05) is 48.6 Å². The zero-order valence-corrected chi connectivity index (χ0v) is 14.4. The van der Waals surface area contributed by atoms with Gasteiger partial charge in [-0.25, -0.2) is 0 Å². The summed E-state index contributed by atoms with van der Waals surface area (Å²) in [6.07, 6.45) is 9.92. The highest BCUT2D eigenvalue weighted by atomic mass is 15.2. The molecular formula is C22H24N2. The quantitative estimate of drug-likeness (QED) is 0.440. The number of nitrogens with zero attached hydrogens (tertiary/aromatic N) is 2. The highest BCUT2D eigenvalue weighted by Gasteiger charge is 1.93. The molecule has 0 bridgehead atoms. The average Bonchev–Trinajstić information content (AvgIpc) is 2.65. The van der Waals surface area contributed by atoms with Crippen molar-refractivity contribution in [1.29, 1.82) is 0 Å². The number of rotatable bonds is 7. The second-order valence-electron chi connectivity index (χ2n) is 5.38. The predicted molar refractivity (Wildman–Crippen MR) is 106 cm³/mol. The van der Waals surface area contributed by atoms with Gasteiger partial charge in [-0.05, 0) is 36.1 Å². The first-order chi connectivity index (χ1) is 11.8. The standard InChI is InChI=1S/C22H24N2/c1-3-21(17-15-19-11-7-5-8-12-19)23-24-22(4-2)18-16-20-13-9-6-10-14-20/h5-18H,3-4H2,1-2H3/b17-15+,18-16+,23-21+,24-22+.